The Morgan fingerprint density at radius 3 is 1.42 bits per heavy atom. The van der Waals surface area contributed by atoms with Gasteiger partial charge >= 0.3 is 26.7 Å². The molecule has 0 heterocycles. The molecule has 0 bridgehead atoms. The van der Waals surface area contributed by atoms with Crippen molar-refractivity contribution < 1.29 is 46.8 Å². The van der Waals surface area contributed by atoms with Gasteiger partial charge in [0.1, 0.15) is 5.60 Å². The van der Waals surface area contributed by atoms with E-state index >= 15 is 0 Å². The third-order valence-corrected chi connectivity index (χ3v) is 9.83. The average Bonchev–Trinajstić information content (AvgIpc) is 2.60. The molecule has 31 heavy (non-hydrogen) atoms. The normalized spacial score (nSPS) is 15.4. The van der Waals surface area contributed by atoms with Crippen molar-refractivity contribution >= 4 is 21.2 Å². The fourth-order valence-electron chi connectivity index (χ4n) is 2.57. The van der Waals surface area contributed by atoms with Crippen molar-refractivity contribution in [2.75, 3.05) is 26.4 Å². The first-order chi connectivity index (χ1) is 14.0. The van der Waals surface area contributed by atoms with Gasteiger partial charge in [0.25, 0.3) is 5.08 Å². The monoisotopic (exact) mass is 491 g/mol. The summed E-state index contributed by atoms with van der Waals surface area (Å²) in [6.07, 6.45) is -1.28. The molecule has 0 aromatic carbocycles. The summed E-state index contributed by atoms with van der Waals surface area (Å²) >= 11 is 0. The molecule has 184 valence electrons. The van der Waals surface area contributed by atoms with Crippen molar-refractivity contribution in [2.24, 2.45) is 0 Å². The largest absolute Gasteiger partial charge is 0.455 e. The zero-order chi connectivity index (χ0) is 24.7. The number of nitro groups is 1. The molecule has 0 rings (SSSR count). The van der Waals surface area contributed by atoms with Crippen molar-refractivity contribution in [3.8, 4) is 0 Å². The van der Waals surface area contributed by atoms with Crippen LogP contribution in [-0.4, -0.2) is 58.6 Å². The Bertz CT molecular complexity index is 671. The number of carbonyl (C=O) groups excluding carboxylic acids is 1. The van der Waals surface area contributed by atoms with Gasteiger partial charge in [-0.25, -0.2) is 4.79 Å². The molecule has 0 fully saturated rings. The van der Waals surface area contributed by atoms with E-state index in [1.807, 2.05) is 0 Å². The second-order valence-electron chi connectivity index (χ2n) is 7.65. The molecular formula is C17H35NO11P2. The minimum Gasteiger partial charge on any atom is -0.455 e. The number of hydrogen-bond acceptors (Lipinski definition) is 11. The maximum absolute atomic E-state index is 13.6. The zero-order valence-corrected chi connectivity index (χ0v) is 21.2. The lowest BCUT2D eigenvalue weighted by molar-refractivity contribution is -0.554. The molecule has 1 N–H and O–H groups in total. The maximum atomic E-state index is 13.6. The van der Waals surface area contributed by atoms with Crippen LogP contribution in [0.4, 0.5) is 0 Å². The van der Waals surface area contributed by atoms with E-state index in [1.165, 1.54) is 48.5 Å². The van der Waals surface area contributed by atoms with E-state index in [-0.39, 0.29) is 26.4 Å². The van der Waals surface area contributed by atoms with Crippen LogP contribution in [0.15, 0.2) is 0 Å². The summed E-state index contributed by atoms with van der Waals surface area (Å²) in [5.74, 6) is -1.34. The van der Waals surface area contributed by atoms with E-state index in [0.29, 0.717) is 0 Å². The lowest BCUT2D eigenvalue weighted by Gasteiger charge is -2.40. The van der Waals surface area contributed by atoms with Gasteiger partial charge in [-0.3, -0.25) is 19.2 Å². The highest BCUT2D eigenvalue weighted by atomic mass is 31.2. The van der Waals surface area contributed by atoms with Crippen molar-refractivity contribution in [1.29, 1.82) is 0 Å². The van der Waals surface area contributed by atoms with E-state index in [9.17, 15) is 29.1 Å². The van der Waals surface area contributed by atoms with Crippen LogP contribution in [0.25, 0.3) is 0 Å². The first-order valence-corrected chi connectivity index (χ1v) is 13.0. The van der Waals surface area contributed by atoms with Crippen LogP contribution in [0.2, 0.25) is 0 Å². The summed E-state index contributed by atoms with van der Waals surface area (Å²) in [5.41, 5.74) is -3.81. The van der Waals surface area contributed by atoms with Gasteiger partial charge in [-0.05, 0) is 48.5 Å². The molecule has 14 heteroatoms. The Kier molecular flexibility index (Phi) is 11.0. The van der Waals surface area contributed by atoms with Crippen LogP contribution in [-0.2, 0) is 36.8 Å². The van der Waals surface area contributed by atoms with E-state index < -0.39 is 48.7 Å². The van der Waals surface area contributed by atoms with Crippen molar-refractivity contribution in [3.05, 3.63) is 10.1 Å². The molecule has 0 aliphatic heterocycles. The molecule has 0 aromatic heterocycles. The van der Waals surface area contributed by atoms with Gasteiger partial charge in [0.2, 0.25) is 0 Å². The number of hydrogen-bond donors (Lipinski definition) is 1. The Morgan fingerprint density at radius 2 is 1.19 bits per heavy atom. The maximum Gasteiger partial charge on any atom is 0.385 e. The molecule has 0 unspecified atom stereocenters. The van der Waals surface area contributed by atoms with Crippen molar-refractivity contribution in [3.63, 3.8) is 0 Å². The molecule has 0 aliphatic carbocycles. The topological polar surface area (TPSA) is 161 Å². The SMILES string of the molecule is CCOP(=O)(OCC)C(O)(C[C@](C)(C(=O)OC(C)(C)C)[N+](=O)[O-])P(=O)(OCC)OCC. The highest BCUT2D eigenvalue weighted by Crippen LogP contribution is 2.78. The predicted octanol–water partition coefficient (Wildman–Crippen LogP) is 3.93. The summed E-state index contributed by atoms with van der Waals surface area (Å²) in [4.78, 5) is 23.7. The molecular weight excluding hydrogens is 456 g/mol. The average molecular weight is 491 g/mol. The molecule has 0 radical (unpaired) electrons. The van der Waals surface area contributed by atoms with E-state index in [4.69, 9.17) is 22.8 Å². The second-order valence-corrected chi connectivity index (χ2v) is 12.5. The number of esters is 1. The van der Waals surface area contributed by atoms with Crippen molar-refractivity contribution in [2.45, 2.75) is 78.0 Å². The lowest BCUT2D eigenvalue weighted by Crippen LogP contribution is -2.53. The summed E-state index contributed by atoms with van der Waals surface area (Å²) in [7, 11) is -9.64. The van der Waals surface area contributed by atoms with Crippen LogP contribution in [0.3, 0.4) is 0 Å². The molecule has 12 nitrogen and oxygen atoms in total. The van der Waals surface area contributed by atoms with Crippen LogP contribution in [0, 0.1) is 10.1 Å². The third-order valence-electron chi connectivity index (χ3n) is 3.90. The van der Waals surface area contributed by atoms with E-state index in [0.717, 1.165) is 6.92 Å². The van der Waals surface area contributed by atoms with Crippen LogP contribution in [0.5, 0.6) is 0 Å². The fourth-order valence-corrected chi connectivity index (χ4v) is 7.80. The Morgan fingerprint density at radius 1 is 0.871 bits per heavy atom. The molecule has 0 amide bonds. The lowest BCUT2D eigenvalue weighted by atomic mass is 9.98. The van der Waals surface area contributed by atoms with Gasteiger partial charge in [0.05, 0.1) is 32.8 Å². The third kappa shape index (κ3) is 6.81. The van der Waals surface area contributed by atoms with E-state index in [1.54, 1.807) is 0 Å². The number of nitrogens with zero attached hydrogens (tertiary/aromatic N) is 1. The quantitative estimate of drug-likeness (QED) is 0.162. The molecule has 1 atom stereocenters. The van der Waals surface area contributed by atoms with E-state index in [2.05, 4.69) is 0 Å². The highest BCUT2D eigenvalue weighted by Gasteiger charge is 2.71. The fraction of sp³-hybridized carbons (Fsp3) is 0.941. The number of rotatable bonds is 14. The van der Waals surface area contributed by atoms with Gasteiger partial charge in [-0.15, -0.1) is 0 Å². The summed E-state index contributed by atoms with van der Waals surface area (Å²) < 4.78 is 53.0. The number of ether oxygens (including phenoxy) is 1. The second kappa shape index (κ2) is 11.3. The molecule has 0 saturated carbocycles. The Balaban J connectivity index is 6.94. The number of aliphatic hydroxyl groups is 1. The van der Waals surface area contributed by atoms with Gasteiger partial charge in [0, 0.05) is 11.8 Å². The first kappa shape index (κ1) is 30.1. The summed E-state index contributed by atoms with van der Waals surface area (Å²) in [6.45, 7) is 10.0. The predicted molar refractivity (Wildman–Crippen MR) is 113 cm³/mol. The summed E-state index contributed by atoms with van der Waals surface area (Å²) in [6, 6.07) is 0. The van der Waals surface area contributed by atoms with Crippen molar-refractivity contribution in [1.82, 2.24) is 0 Å². The molecule has 0 spiro atoms. The van der Waals surface area contributed by atoms with Gasteiger partial charge in [-0.1, -0.05) is 0 Å². The minimum atomic E-state index is -4.82. The smallest absolute Gasteiger partial charge is 0.385 e. The minimum absolute atomic E-state index is 0.264. The van der Waals surface area contributed by atoms with Crippen LogP contribution in [0.1, 0.15) is 61.8 Å². The molecule has 0 aliphatic rings. The highest BCUT2D eigenvalue weighted by molar-refractivity contribution is 7.73. The first-order valence-electron chi connectivity index (χ1n) is 9.91. The Hall–Kier alpha value is -0.870. The molecule has 0 aromatic rings. The zero-order valence-electron chi connectivity index (χ0n) is 19.4. The van der Waals surface area contributed by atoms with Gasteiger partial charge < -0.3 is 27.9 Å². The molecule has 0 saturated heterocycles. The standard InChI is InChI=1S/C17H35NO11P2/c1-9-25-30(23,26-10-2)17(20,31(24,27-11-3)28-12-4)13-16(8,18(21)22)14(19)29-15(5,6)7/h20H,9-13H2,1-8H3/t16-/m1/s1. The van der Waals surface area contributed by atoms with Gasteiger partial charge in [-0.2, -0.15) is 0 Å². The van der Waals surface area contributed by atoms with Gasteiger partial charge in [0.15, 0.2) is 0 Å². The Labute approximate surface area is 183 Å². The summed E-state index contributed by atoms with van der Waals surface area (Å²) in [5, 5.41) is 20.3. The van der Waals surface area contributed by atoms with Crippen LogP contribution >= 0.6 is 15.2 Å². The van der Waals surface area contributed by atoms with Crippen LogP contribution < -0.4 is 0 Å². The number of carbonyl (C=O) groups is 1.